The Hall–Kier alpha value is -2.56. The quantitative estimate of drug-likeness (QED) is 0.753. The first-order valence-corrected chi connectivity index (χ1v) is 5.94. The third kappa shape index (κ3) is 2.56. The zero-order valence-electron chi connectivity index (χ0n) is 10.7. The molecule has 0 bridgehead atoms. The fourth-order valence-corrected chi connectivity index (χ4v) is 1.87. The number of phenolic OH excluding ortho intramolecular Hbond substituents is 2. The minimum absolute atomic E-state index is 0.224. The van der Waals surface area contributed by atoms with Gasteiger partial charge in [-0.2, -0.15) is 0 Å². The third-order valence-electron chi connectivity index (χ3n) is 3.15. The van der Waals surface area contributed by atoms with Gasteiger partial charge in [0.05, 0.1) is 5.92 Å². The van der Waals surface area contributed by atoms with Gasteiger partial charge in [0.2, 0.25) is 0 Å². The van der Waals surface area contributed by atoms with Crippen LogP contribution in [0.1, 0.15) is 18.4 Å². The zero-order chi connectivity index (χ0) is 14.9. The van der Waals surface area contributed by atoms with Crippen molar-refractivity contribution in [3.63, 3.8) is 0 Å². The molecule has 1 atom stereocenters. The Kier molecular flexibility index (Phi) is 3.61. The molecule has 0 aromatic heterocycles. The summed E-state index contributed by atoms with van der Waals surface area (Å²) in [5.74, 6) is -3.04. The molecule has 0 radical (unpaired) electrons. The average Bonchev–Trinajstić information content (AvgIpc) is 2.41. The van der Waals surface area contributed by atoms with Gasteiger partial charge in [0.25, 0.3) is 0 Å². The van der Waals surface area contributed by atoms with Gasteiger partial charge in [-0.15, -0.1) is 0 Å². The first-order valence-electron chi connectivity index (χ1n) is 5.94. The van der Waals surface area contributed by atoms with Crippen LogP contribution >= 0.6 is 0 Å². The lowest BCUT2D eigenvalue weighted by atomic mass is 9.97. The summed E-state index contributed by atoms with van der Waals surface area (Å²) < 4.78 is 14.1. The number of phenols is 2. The molecule has 0 aliphatic carbocycles. The number of aromatic hydroxyl groups is 2. The summed E-state index contributed by atoms with van der Waals surface area (Å²) in [6.07, 6.45) is 0. The smallest absolute Gasteiger partial charge is 0.310 e. The van der Waals surface area contributed by atoms with E-state index in [0.717, 1.165) is 6.07 Å². The predicted molar refractivity (Wildman–Crippen MR) is 71.2 cm³/mol. The predicted octanol–water partition coefficient (Wildman–Crippen LogP) is 3.09. The number of rotatable bonds is 3. The summed E-state index contributed by atoms with van der Waals surface area (Å²) in [5.41, 5.74) is 0.982. The Morgan fingerprint density at radius 3 is 2.35 bits per heavy atom. The lowest BCUT2D eigenvalue weighted by Crippen LogP contribution is -2.07. The van der Waals surface area contributed by atoms with Crippen molar-refractivity contribution in [2.45, 2.75) is 12.8 Å². The van der Waals surface area contributed by atoms with Crippen LogP contribution in [0.3, 0.4) is 0 Å². The van der Waals surface area contributed by atoms with Crippen molar-refractivity contribution >= 4 is 5.97 Å². The Balaban J connectivity index is 2.44. The molecule has 1 unspecified atom stereocenters. The van der Waals surface area contributed by atoms with Crippen LogP contribution in [0.15, 0.2) is 36.4 Å². The summed E-state index contributed by atoms with van der Waals surface area (Å²) >= 11 is 0. The summed E-state index contributed by atoms with van der Waals surface area (Å²) in [7, 11) is 0. The van der Waals surface area contributed by atoms with Gasteiger partial charge in [-0.25, -0.2) is 4.39 Å². The zero-order valence-corrected chi connectivity index (χ0v) is 10.7. The molecule has 0 spiro atoms. The first-order chi connectivity index (χ1) is 9.40. The highest BCUT2D eigenvalue weighted by molar-refractivity contribution is 5.76. The van der Waals surface area contributed by atoms with Gasteiger partial charge in [-0.05, 0) is 36.2 Å². The summed E-state index contributed by atoms with van der Waals surface area (Å²) in [6.45, 7) is 1.48. The van der Waals surface area contributed by atoms with E-state index in [0.29, 0.717) is 11.1 Å². The first kappa shape index (κ1) is 13.9. The van der Waals surface area contributed by atoms with Gasteiger partial charge in [-0.1, -0.05) is 18.2 Å². The van der Waals surface area contributed by atoms with Crippen LogP contribution in [0.4, 0.5) is 4.39 Å². The molecule has 2 rings (SSSR count). The van der Waals surface area contributed by atoms with Gasteiger partial charge in [0, 0.05) is 5.56 Å². The maximum absolute atomic E-state index is 14.1. The van der Waals surface area contributed by atoms with E-state index in [1.165, 1.54) is 37.3 Å². The number of aliphatic carboxylic acids is 1. The molecule has 0 heterocycles. The molecule has 0 fully saturated rings. The largest absolute Gasteiger partial charge is 0.504 e. The Morgan fingerprint density at radius 1 is 1.10 bits per heavy atom. The topological polar surface area (TPSA) is 77.8 Å². The summed E-state index contributed by atoms with van der Waals surface area (Å²) in [4.78, 5) is 10.9. The monoisotopic (exact) mass is 276 g/mol. The molecule has 5 heteroatoms. The van der Waals surface area contributed by atoms with E-state index < -0.39 is 17.7 Å². The van der Waals surface area contributed by atoms with E-state index in [2.05, 4.69) is 0 Å². The average molecular weight is 276 g/mol. The Labute approximate surface area is 114 Å². The Bertz CT molecular complexity index is 667. The molecule has 0 saturated heterocycles. The number of carbonyl (C=O) groups is 1. The number of halogens is 1. The molecule has 104 valence electrons. The van der Waals surface area contributed by atoms with Crippen molar-refractivity contribution in [2.24, 2.45) is 0 Å². The van der Waals surface area contributed by atoms with Crippen molar-refractivity contribution in [1.82, 2.24) is 0 Å². The van der Waals surface area contributed by atoms with Gasteiger partial charge in [0.1, 0.15) is 5.82 Å². The van der Waals surface area contributed by atoms with Gasteiger partial charge in [0.15, 0.2) is 11.5 Å². The number of hydrogen-bond acceptors (Lipinski definition) is 3. The van der Waals surface area contributed by atoms with E-state index in [4.69, 9.17) is 5.11 Å². The van der Waals surface area contributed by atoms with Crippen LogP contribution in [0.25, 0.3) is 11.1 Å². The maximum Gasteiger partial charge on any atom is 0.310 e. The second-order valence-corrected chi connectivity index (χ2v) is 4.50. The second kappa shape index (κ2) is 5.21. The lowest BCUT2D eigenvalue weighted by molar-refractivity contribution is -0.138. The Morgan fingerprint density at radius 2 is 1.80 bits per heavy atom. The molecule has 3 N–H and O–H groups in total. The maximum atomic E-state index is 14.1. The molecular weight excluding hydrogens is 263 g/mol. The minimum atomic E-state index is -1.03. The molecule has 2 aromatic rings. The van der Waals surface area contributed by atoms with Crippen LogP contribution in [-0.4, -0.2) is 21.3 Å². The third-order valence-corrected chi connectivity index (χ3v) is 3.15. The van der Waals surface area contributed by atoms with Crippen LogP contribution in [0.5, 0.6) is 11.5 Å². The van der Waals surface area contributed by atoms with Crippen molar-refractivity contribution in [3.8, 4) is 22.6 Å². The highest BCUT2D eigenvalue weighted by atomic mass is 19.1. The fourth-order valence-electron chi connectivity index (χ4n) is 1.87. The van der Waals surface area contributed by atoms with Crippen molar-refractivity contribution < 1.29 is 24.5 Å². The summed E-state index contributed by atoms with van der Waals surface area (Å²) in [5, 5.41) is 27.5. The van der Waals surface area contributed by atoms with Crippen LogP contribution < -0.4 is 0 Å². The van der Waals surface area contributed by atoms with Gasteiger partial charge < -0.3 is 15.3 Å². The van der Waals surface area contributed by atoms with Crippen molar-refractivity contribution in [1.29, 1.82) is 0 Å². The molecule has 0 amide bonds. The van der Waals surface area contributed by atoms with E-state index >= 15 is 0 Å². The number of carboxylic acid groups (broad SMARTS) is 1. The molecule has 4 nitrogen and oxygen atoms in total. The number of hydrogen-bond donors (Lipinski definition) is 3. The number of benzene rings is 2. The standard InChI is InChI=1S/C15H13FO4/c1-8(15(19)20)9-2-4-11(12(16)6-9)10-3-5-13(17)14(18)7-10/h2-8,17-18H,1H3,(H,19,20). The molecular formula is C15H13FO4. The van der Waals surface area contributed by atoms with E-state index in [1.54, 1.807) is 0 Å². The SMILES string of the molecule is CC(C(=O)O)c1ccc(-c2ccc(O)c(O)c2)c(F)c1. The van der Waals surface area contributed by atoms with E-state index in [-0.39, 0.29) is 17.1 Å². The molecule has 20 heavy (non-hydrogen) atoms. The van der Waals surface area contributed by atoms with Crippen LogP contribution in [-0.2, 0) is 4.79 Å². The minimum Gasteiger partial charge on any atom is -0.504 e. The highest BCUT2D eigenvalue weighted by Crippen LogP contribution is 2.32. The van der Waals surface area contributed by atoms with Crippen molar-refractivity contribution in [3.05, 3.63) is 47.8 Å². The molecule has 0 aliphatic rings. The summed E-state index contributed by atoms with van der Waals surface area (Å²) in [6, 6.07) is 8.12. The van der Waals surface area contributed by atoms with Gasteiger partial charge >= 0.3 is 5.97 Å². The number of carboxylic acids is 1. The van der Waals surface area contributed by atoms with Gasteiger partial charge in [-0.3, -0.25) is 4.79 Å². The van der Waals surface area contributed by atoms with E-state index in [1.807, 2.05) is 0 Å². The normalized spacial score (nSPS) is 12.1. The highest BCUT2D eigenvalue weighted by Gasteiger charge is 2.16. The van der Waals surface area contributed by atoms with E-state index in [9.17, 15) is 19.4 Å². The second-order valence-electron chi connectivity index (χ2n) is 4.50. The van der Waals surface area contributed by atoms with Crippen LogP contribution in [0, 0.1) is 5.82 Å². The fraction of sp³-hybridized carbons (Fsp3) is 0.133. The lowest BCUT2D eigenvalue weighted by Gasteiger charge is -2.10. The molecule has 0 aliphatic heterocycles. The van der Waals surface area contributed by atoms with Crippen LogP contribution in [0.2, 0.25) is 0 Å². The van der Waals surface area contributed by atoms with Crippen molar-refractivity contribution in [2.75, 3.05) is 0 Å². The molecule has 0 saturated carbocycles. The molecule has 2 aromatic carbocycles.